The molecule has 0 unspecified atom stereocenters. The van der Waals surface area contributed by atoms with Crippen LogP contribution in [0.3, 0.4) is 0 Å². The maximum absolute atomic E-state index is 10.8. The molecule has 17 heavy (non-hydrogen) atoms. The van der Waals surface area contributed by atoms with Gasteiger partial charge in [0.25, 0.3) is 0 Å². The first-order chi connectivity index (χ1) is 7.83. The van der Waals surface area contributed by atoms with E-state index in [1.165, 1.54) is 19.2 Å². The van der Waals surface area contributed by atoms with Crippen molar-refractivity contribution in [2.45, 2.75) is 19.4 Å². The predicted molar refractivity (Wildman–Crippen MR) is 63.7 cm³/mol. The third-order valence-electron chi connectivity index (χ3n) is 2.01. The average molecular weight is 239 g/mol. The molecule has 5 heteroatoms. The van der Waals surface area contributed by atoms with Crippen LogP contribution in [0.1, 0.15) is 24.2 Å². The summed E-state index contributed by atoms with van der Waals surface area (Å²) in [5.74, 6) is -0.144. The summed E-state index contributed by atoms with van der Waals surface area (Å²) in [5.41, 5.74) is 5.44. The zero-order chi connectivity index (χ0) is 13.1. The number of aromatic carboxylic acids is 1. The SMILES string of the molecule is COc1ccc(C(=O)O)cc1OCC(C)(C)N. The van der Waals surface area contributed by atoms with Crippen molar-refractivity contribution >= 4 is 5.97 Å². The average Bonchev–Trinajstić information content (AvgIpc) is 2.24. The van der Waals surface area contributed by atoms with Crippen LogP contribution in [0.15, 0.2) is 18.2 Å². The minimum Gasteiger partial charge on any atom is -0.493 e. The number of carboxylic acids is 1. The van der Waals surface area contributed by atoms with Crippen molar-refractivity contribution in [2.24, 2.45) is 5.73 Å². The van der Waals surface area contributed by atoms with E-state index in [1.54, 1.807) is 6.07 Å². The Hall–Kier alpha value is -1.75. The van der Waals surface area contributed by atoms with Crippen molar-refractivity contribution in [1.82, 2.24) is 0 Å². The molecule has 5 nitrogen and oxygen atoms in total. The van der Waals surface area contributed by atoms with E-state index in [1.807, 2.05) is 13.8 Å². The fourth-order valence-corrected chi connectivity index (χ4v) is 1.19. The predicted octanol–water partition coefficient (Wildman–Crippen LogP) is 1.51. The van der Waals surface area contributed by atoms with Gasteiger partial charge in [-0.15, -0.1) is 0 Å². The van der Waals surface area contributed by atoms with Crippen LogP contribution in [0.2, 0.25) is 0 Å². The van der Waals surface area contributed by atoms with Crippen LogP contribution in [-0.2, 0) is 0 Å². The maximum Gasteiger partial charge on any atom is 0.335 e. The van der Waals surface area contributed by atoms with Crippen molar-refractivity contribution < 1.29 is 19.4 Å². The largest absolute Gasteiger partial charge is 0.493 e. The van der Waals surface area contributed by atoms with Crippen LogP contribution in [0.25, 0.3) is 0 Å². The quantitative estimate of drug-likeness (QED) is 0.813. The molecule has 1 rings (SSSR count). The normalized spacial score (nSPS) is 11.1. The van der Waals surface area contributed by atoms with E-state index in [0.29, 0.717) is 11.5 Å². The number of carbonyl (C=O) groups is 1. The third kappa shape index (κ3) is 3.96. The van der Waals surface area contributed by atoms with Gasteiger partial charge >= 0.3 is 5.97 Å². The summed E-state index contributed by atoms with van der Waals surface area (Å²) in [6.45, 7) is 3.91. The highest BCUT2D eigenvalue weighted by atomic mass is 16.5. The van der Waals surface area contributed by atoms with Gasteiger partial charge in [0, 0.05) is 5.54 Å². The van der Waals surface area contributed by atoms with Gasteiger partial charge in [-0.05, 0) is 32.0 Å². The smallest absolute Gasteiger partial charge is 0.335 e. The van der Waals surface area contributed by atoms with E-state index in [4.69, 9.17) is 20.3 Å². The molecule has 0 aromatic heterocycles. The van der Waals surface area contributed by atoms with Gasteiger partial charge in [0.05, 0.1) is 12.7 Å². The summed E-state index contributed by atoms with van der Waals surface area (Å²) in [6.07, 6.45) is 0. The van der Waals surface area contributed by atoms with Crippen LogP contribution in [0.5, 0.6) is 11.5 Å². The molecule has 0 spiro atoms. The fraction of sp³-hybridized carbons (Fsp3) is 0.417. The van der Waals surface area contributed by atoms with Crippen LogP contribution in [0, 0.1) is 0 Å². The zero-order valence-electron chi connectivity index (χ0n) is 10.2. The van der Waals surface area contributed by atoms with Crippen LogP contribution in [-0.4, -0.2) is 30.3 Å². The van der Waals surface area contributed by atoms with Crippen molar-refractivity contribution in [1.29, 1.82) is 0 Å². The van der Waals surface area contributed by atoms with Crippen LogP contribution >= 0.6 is 0 Å². The van der Waals surface area contributed by atoms with Gasteiger partial charge in [-0.2, -0.15) is 0 Å². The molecule has 0 heterocycles. The first kappa shape index (κ1) is 13.3. The minimum atomic E-state index is -1.01. The number of carboxylic acid groups (broad SMARTS) is 1. The Labute approximate surface area is 100 Å². The molecular formula is C12H17NO4. The van der Waals surface area contributed by atoms with Gasteiger partial charge in [0.2, 0.25) is 0 Å². The Bertz CT molecular complexity index is 409. The second-order valence-electron chi connectivity index (χ2n) is 4.45. The van der Waals surface area contributed by atoms with Gasteiger partial charge in [0.15, 0.2) is 11.5 Å². The van der Waals surface area contributed by atoms with Crippen molar-refractivity contribution in [3.05, 3.63) is 23.8 Å². The second-order valence-corrected chi connectivity index (χ2v) is 4.45. The molecule has 0 aliphatic carbocycles. The molecule has 0 bridgehead atoms. The Morgan fingerprint density at radius 1 is 1.41 bits per heavy atom. The molecular weight excluding hydrogens is 222 g/mol. The molecule has 0 aliphatic heterocycles. The van der Waals surface area contributed by atoms with Crippen molar-refractivity contribution in [3.63, 3.8) is 0 Å². The Balaban J connectivity index is 2.94. The highest BCUT2D eigenvalue weighted by Crippen LogP contribution is 2.28. The lowest BCUT2D eigenvalue weighted by molar-refractivity contribution is 0.0696. The first-order valence-corrected chi connectivity index (χ1v) is 5.16. The molecule has 0 radical (unpaired) electrons. The summed E-state index contributed by atoms with van der Waals surface area (Å²) in [6, 6.07) is 4.44. The molecule has 0 aliphatic rings. The number of nitrogens with two attached hydrogens (primary N) is 1. The molecule has 3 N–H and O–H groups in total. The first-order valence-electron chi connectivity index (χ1n) is 5.16. The monoisotopic (exact) mass is 239 g/mol. The van der Waals surface area contributed by atoms with Gasteiger partial charge < -0.3 is 20.3 Å². The molecule has 0 saturated carbocycles. The summed E-state index contributed by atoms with van der Waals surface area (Å²) < 4.78 is 10.6. The highest BCUT2D eigenvalue weighted by molar-refractivity contribution is 5.88. The molecule has 0 fully saturated rings. The molecule has 1 aromatic rings. The maximum atomic E-state index is 10.8. The summed E-state index contributed by atoms with van der Waals surface area (Å²) >= 11 is 0. The van der Waals surface area contributed by atoms with E-state index in [0.717, 1.165) is 0 Å². The van der Waals surface area contributed by atoms with Gasteiger partial charge in [-0.1, -0.05) is 0 Å². The Morgan fingerprint density at radius 2 is 2.06 bits per heavy atom. The number of methoxy groups -OCH3 is 1. The van der Waals surface area contributed by atoms with Gasteiger partial charge in [-0.3, -0.25) is 0 Å². The lowest BCUT2D eigenvalue weighted by Crippen LogP contribution is -2.38. The lowest BCUT2D eigenvalue weighted by Gasteiger charge is -2.20. The summed E-state index contributed by atoms with van der Waals surface area (Å²) in [5, 5.41) is 8.88. The summed E-state index contributed by atoms with van der Waals surface area (Å²) in [7, 11) is 1.50. The van der Waals surface area contributed by atoms with Crippen molar-refractivity contribution in [2.75, 3.05) is 13.7 Å². The molecule has 0 amide bonds. The number of hydrogen-bond acceptors (Lipinski definition) is 4. The van der Waals surface area contributed by atoms with Crippen LogP contribution < -0.4 is 15.2 Å². The standard InChI is InChI=1S/C12H17NO4/c1-12(2,13)7-17-10-6-8(11(14)15)4-5-9(10)16-3/h4-6H,7,13H2,1-3H3,(H,14,15). The van der Waals surface area contributed by atoms with E-state index in [2.05, 4.69) is 0 Å². The second kappa shape index (κ2) is 5.05. The van der Waals surface area contributed by atoms with E-state index in [9.17, 15) is 4.79 Å². The van der Waals surface area contributed by atoms with Gasteiger partial charge in [-0.25, -0.2) is 4.79 Å². The Kier molecular flexibility index (Phi) is 3.96. The lowest BCUT2D eigenvalue weighted by atomic mass is 10.1. The fourth-order valence-electron chi connectivity index (χ4n) is 1.19. The minimum absolute atomic E-state index is 0.149. The molecule has 0 saturated heterocycles. The van der Waals surface area contributed by atoms with Gasteiger partial charge in [0.1, 0.15) is 6.61 Å². The topological polar surface area (TPSA) is 81.8 Å². The van der Waals surface area contributed by atoms with E-state index < -0.39 is 11.5 Å². The van der Waals surface area contributed by atoms with Crippen molar-refractivity contribution in [3.8, 4) is 11.5 Å². The number of benzene rings is 1. The van der Waals surface area contributed by atoms with E-state index in [-0.39, 0.29) is 12.2 Å². The molecule has 0 atom stereocenters. The third-order valence-corrected chi connectivity index (χ3v) is 2.01. The number of hydrogen-bond donors (Lipinski definition) is 2. The molecule has 1 aromatic carbocycles. The Morgan fingerprint density at radius 3 is 2.53 bits per heavy atom. The zero-order valence-corrected chi connectivity index (χ0v) is 10.2. The number of rotatable bonds is 5. The van der Waals surface area contributed by atoms with E-state index >= 15 is 0 Å². The number of ether oxygens (including phenoxy) is 2. The summed E-state index contributed by atoms with van der Waals surface area (Å²) in [4.78, 5) is 10.8. The highest BCUT2D eigenvalue weighted by Gasteiger charge is 2.15. The molecule has 94 valence electrons. The van der Waals surface area contributed by atoms with Crippen LogP contribution in [0.4, 0.5) is 0 Å².